The predicted octanol–water partition coefficient (Wildman–Crippen LogP) is 3.54. The summed E-state index contributed by atoms with van der Waals surface area (Å²) in [7, 11) is 1.73. The van der Waals surface area contributed by atoms with Crippen molar-refractivity contribution in [3.63, 3.8) is 0 Å². The highest BCUT2D eigenvalue weighted by molar-refractivity contribution is 5.39. The van der Waals surface area contributed by atoms with Gasteiger partial charge in [0.25, 0.3) is 0 Å². The minimum Gasteiger partial charge on any atom is -0.497 e. The van der Waals surface area contributed by atoms with Crippen molar-refractivity contribution < 1.29 is 4.74 Å². The maximum Gasteiger partial charge on any atom is 0.123 e. The number of H-pyrrole nitrogens is 1. The van der Waals surface area contributed by atoms with Crippen LogP contribution in [-0.2, 0) is 6.42 Å². The van der Waals surface area contributed by atoms with Crippen molar-refractivity contribution in [2.24, 2.45) is 0 Å². The molecule has 1 aromatic heterocycles. The van der Waals surface area contributed by atoms with E-state index in [1.807, 2.05) is 12.4 Å². The molecule has 0 spiro atoms. The normalized spacial score (nSPS) is 19.0. The number of methoxy groups -OCH3 is 1. The zero-order chi connectivity index (χ0) is 14.7. The van der Waals surface area contributed by atoms with Gasteiger partial charge in [0.2, 0.25) is 0 Å². The number of fused-ring (bicyclic) bond motifs is 1. The lowest BCUT2D eigenvalue weighted by Gasteiger charge is -2.30. The van der Waals surface area contributed by atoms with E-state index in [4.69, 9.17) is 4.74 Å². The Bertz CT molecular complexity index is 580. The van der Waals surface area contributed by atoms with Crippen LogP contribution < -0.4 is 10.1 Å². The van der Waals surface area contributed by atoms with Crippen LogP contribution in [-0.4, -0.2) is 17.1 Å². The Balaban J connectivity index is 1.81. The van der Waals surface area contributed by atoms with Gasteiger partial charge in [-0.1, -0.05) is 13.0 Å². The van der Waals surface area contributed by atoms with E-state index in [1.54, 1.807) is 7.11 Å². The number of hydrogen-bond donors (Lipinski definition) is 2. The van der Waals surface area contributed by atoms with E-state index in [1.165, 1.54) is 24.0 Å². The van der Waals surface area contributed by atoms with E-state index in [9.17, 15) is 0 Å². The molecule has 2 aromatic rings. The van der Waals surface area contributed by atoms with E-state index in [2.05, 4.69) is 40.4 Å². The molecule has 4 heteroatoms. The Morgan fingerprint density at radius 1 is 1.48 bits per heavy atom. The molecular formula is C17H23N3O. The minimum atomic E-state index is 0.276. The van der Waals surface area contributed by atoms with Crippen molar-refractivity contribution in [1.29, 1.82) is 0 Å². The Morgan fingerprint density at radius 3 is 3.10 bits per heavy atom. The highest BCUT2D eigenvalue weighted by Crippen LogP contribution is 2.34. The lowest BCUT2D eigenvalue weighted by molar-refractivity contribution is 0.381. The second-order valence-electron chi connectivity index (χ2n) is 5.61. The fraction of sp³-hybridized carbons (Fsp3) is 0.471. The molecule has 4 nitrogen and oxygen atoms in total. The second-order valence-corrected chi connectivity index (χ2v) is 5.61. The van der Waals surface area contributed by atoms with Gasteiger partial charge in [0.05, 0.1) is 13.2 Å². The molecule has 21 heavy (non-hydrogen) atoms. The molecule has 2 atom stereocenters. The van der Waals surface area contributed by atoms with Crippen molar-refractivity contribution in [3.05, 3.63) is 47.5 Å². The first-order valence-corrected chi connectivity index (χ1v) is 7.74. The summed E-state index contributed by atoms with van der Waals surface area (Å²) in [6.45, 7) is 2.19. The zero-order valence-electron chi connectivity index (χ0n) is 12.7. The maximum atomic E-state index is 5.34. The van der Waals surface area contributed by atoms with Crippen LogP contribution in [0.15, 0.2) is 30.6 Å². The number of ether oxygens (including phenoxy) is 1. The number of aromatic nitrogens is 2. The monoisotopic (exact) mass is 285 g/mol. The first-order chi connectivity index (χ1) is 10.3. The molecular weight excluding hydrogens is 262 g/mol. The SMILES string of the molecule is CCC(NC1CCCc2cc(OC)ccc21)c1ncc[nH]1. The maximum absolute atomic E-state index is 5.34. The Morgan fingerprint density at radius 2 is 2.38 bits per heavy atom. The molecule has 0 saturated carbocycles. The number of rotatable bonds is 5. The molecule has 0 radical (unpaired) electrons. The number of nitrogens with one attached hydrogen (secondary N) is 2. The predicted molar refractivity (Wildman–Crippen MR) is 83.4 cm³/mol. The van der Waals surface area contributed by atoms with Crippen LogP contribution in [0, 0.1) is 0 Å². The fourth-order valence-corrected chi connectivity index (χ4v) is 3.19. The molecule has 0 saturated heterocycles. The van der Waals surface area contributed by atoms with Crippen LogP contribution in [0.4, 0.5) is 0 Å². The first kappa shape index (κ1) is 14.1. The average molecular weight is 285 g/mol. The van der Waals surface area contributed by atoms with E-state index in [0.29, 0.717) is 6.04 Å². The smallest absolute Gasteiger partial charge is 0.123 e. The minimum absolute atomic E-state index is 0.276. The van der Waals surface area contributed by atoms with Gasteiger partial charge in [-0.25, -0.2) is 4.98 Å². The number of benzene rings is 1. The van der Waals surface area contributed by atoms with Crippen LogP contribution in [0.25, 0.3) is 0 Å². The van der Waals surface area contributed by atoms with Crippen LogP contribution in [0.1, 0.15) is 55.2 Å². The molecule has 0 amide bonds. The standard InChI is InChI=1S/C17H23N3O/c1-3-15(17-18-9-10-19-17)20-16-6-4-5-12-11-13(21-2)7-8-14(12)16/h7-11,15-16,20H,3-6H2,1-2H3,(H,18,19). The van der Waals surface area contributed by atoms with Crippen LogP contribution in [0.5, 0.6) is 5.75 Å². The van der Waals surface area contributed by atoms with Gasteiger partial charge >= 0.3 is 0 Å². The number of aromatic amines is 1. The summed E-state index contributed by atoms with van der Waals surface area (Å²) in [5.41, 5.74) is 2.82. The topological polar surface area (TPSA) is 49.9 Å². The van der Waals surface area contributed by atoms with E-state index in [0.717, 1.165) is 24.4 Å². The summed E-state index contributed by atoms with van der Waals surface area (Å²) in [5, 5.41) is 3.77. The Kier molecular flexibility index (Phi) is 4.25. The van der Waals surface area contributed by atoms with Gasteiger partial charge in [-0.05, 0) is 48.9 Å². The molecule has 1 aliphatic carbocycles. The molecule has 1 aliphatic rings. The van der Waals surface area contributed by atoms with Gasteiger partial charge in [0.1, 0.15) is 11.6 Å². The highest BCUT2D eigenvalue weighted by Gasteiger charge is 2.24. The molecule has 112 valence electrons. The number of hydrogen-bond acceptors (Lipinski definition) is 3. The quantitative estimate of drug-likeness (QED) is 0.883. The van der Waals surface area contributed by atoms with Crippen LogP contribution >= 0.6 is 0 Å². The molecule has 0 bridgehead atoms. The van der Waals surface area contributed by atoms with Crippen molar-refractivity contribution in [2.45, 2.75) is 44.7 Å². The third kappa shape index (κ3) is 2.95. The van der Waals surface area contributed by atoms with Gasteiger partial charge in [-0.2, -0.15) is 0 Å². The summed E-state index contributed by atoms with van der Waals surface area (Å²) in [4.78, 5) is 7.62. The summed E-state index contributed by atoms with van der Waals surface area (Å²) in [6.07, 6.45) is 8.26. The van der Waals surface area contributed by atoms with Crippen LogP contribution in [0.2, 0.25) is 0 Å². The van der Waals surface area contributed by atoms with Crippen molar-refractivity contribution in [3.8, 4) is 5.75 Å². The fourth-order valence-electron chi connectivity index (χ4n) is 3.19. The molecule has 1 aromatic carbocycles. The lowest BCUT2D eigenvalue weighted by atomic mass is 9.87. The number of nitrogens with zero attached hydrogens (tertiary/aromatic N) is 1. The van der Waals surface area contributed by atoms with Crippen molar-refractivity contribution in [2.75, 3.05) is 7.11 Å². The summed E-state index contributed by atoms with van der Waals surface area (Å²) >= 11 is 0. The largest absolute Gasteiger partial charge is 0.497 e. The number of imidazole rings is 1. The average Bonchev–Trinajstić information content (AvgIpc) is 3.06. The molecule has 2 N–H and O–H groups in total. The second kappa shape index (κ2) is 6.31. The van der Waals surface area contributed by atoms with E-state index >= 15 is 0 Å². The van der Waals surface area contributed by atoms with Gasteiger partial charge < -0.3 is 15.0 Å². The van der Waals surface area contributed by atoms with E-state index < -0.39 is 0 Å². The zero-order valence-corrected chi connectivity index (χ0v) is 12.7. The third-order valence-electron chi connectivity index (χ3n) is 4.32. The van der Waals surface area contributed by atoms with Gasteiger partial charge in [0.15, 0.2) is 0 Å². The van der Waals surface area contributed by atoms with Gasteiger partial charge in [-0.15, -0.1) is 0 Å². The summed E-state index contributed by atoms with van der Waals surface area (Å²) in [5.74, 6) is 1.98. The Labute approximate surface area is 125 Å². The van der Waals surface area contributed by atoms with Crippen LogP contribution in [0.3, 0.4) is 0 Å². The molecule has 0 aliphatic heterocycles. The lowest BCUT2D eigenvalue weighted by Crippen LogP contribution is -2.29. The highest BCUT2D eigenvalue weighted by atomic mass is 16.5. The Hall–Kier alpha value is -1.81. The van der Waals surface area contributed by atoms with Crippen molar-refractivity contribution >= 4 is 0 Å². The summed E-state index contributed by atoms with van der Waals surface area (Å²) < 4.78 is 5.34. The molecule has 0 fully saturated rings. The van der Waals surface area contributed by atoms with Gasteiger partial charge in [-0.3, -0.25) is 0 Å². The number of aryl methyl sites for hydroxylation is 1. The van der Waals surface area contributed by atoms with Crippen molar-refractivity contribution in [1.82, 2.24) is 15.3 Å². The van der Waals surface area contributed by atoms with Gasteiger partial charge in [0, 0.05) is 18.4 Å². The third-order valence-corrected chi connectivity index (χ3v) is 4.32. The summed E-state index contributed by atoms with van der Waals surface area (Å²) in [6, 6.07) is 7.12. The first-order valence-electron chi connectivity index (χ1n) is 7.74. The molecule has 2 unspecified atom stereocenters. The molecule has 3 rings (SSSR count). The molecule has 1 heterocycles. The van der Waals surface area contributed by atoms with E-state index in [-0.39, 0.29) is 6.04 Å².